The molecule has 1 atom stereocenters. The van der Waals surface area contributed by atoms with Gasteiger partial charge in [0, 0.05) is 25.3 Å². The highest BCUT2D eigenvalue weighted by atomic mass is 16.6. The van der Waals surface area contributed by atoms with Crippen molar-refractivity contribution in [2.24, 2.45) is 5.92 Å². The van der Waals surface area contributed by atoms with Gasteiger partial charge in [0.05, 0.1) is 18.6 Å². The summed E-state index contributed by atoms with van der Waals surface area (Å²) in [5.74, 6) is 0.697. The van der Waals surface area contributed by atoms with E-state index in [2.05, 4.69) is 19.2 Å². The molecule has 1 aromatic carbocycles. The van der Waals surface area contributed by atoms with E-state index in [0.29, 0.717) is 25.7 Å². The molecule has 0 spiro atoms. The van der Waals surface area contributed by atoms with E-state index in [1.807, 2.05) is 13.0 Å². The summed E-state index contributed by atoms with van der Waals surface area (Å²) in [4.78, 5) is 10.6. The van der Waals surface area contributed by atoms with Crippen molar-refractivity contribution < 1.29 is 14.4 Å². The second kappa shape index (κ2) is 8.59. The van der Waals surface area contributed by atoms with Gasteiger partial charge in [0.2, 0.25) is 0 Å². The Morgan fingerprint density at radius 1 is 1.38 bits per heavy atom. The van der Waals surface area contributed by atoms with Crippen LogP contribution < -0.4 is 10.1 Å². The quantitative estimate of drug-likeness (QED) is 0.560. The van der Waals surface area contributed by atoms with Crippen LogP contribution in [0.25, 0.3) is 0 Å². The van der Waals surface area contributed by atoms with Crippen molar-refractivity contribution in [1.82, 2.24) is 5.32 Å². The van der Waals surface area contributed by atoms with Crippen molar-refractivity contribution in [3.05, 3.63) is 33.9 Å². The number of ether oxygens (including phenoxy) is 2. The van der Waals surface area contributed by atoms with Gasteiger partial charge < -0.3 is 14.8 Å². The normalized spacial score (nSPS) is 12.4. The summed E-state index contributed by atoms with van der Waals surface area (Å²) < 4.78 is 10.4. The molecule has 6 nitrogen and oxygen atoms in total. The lowest BCUT2D eigenvalue weighted by atomic mass is 10.0. The largest absolute Gasteiger partial charge is 0.490 e. The maximum Gasteiger partial charge on any atom is 0.311 e. The zero-order chi connectivity index (χ0) is 15.8. The minimum atomic E-state index is -0.428. The van der Waals surface area contributed by atoms with E-state index in [1.54, 1.807) is 12.1 Å². The fourth-order valence-electron chi connectivity index (χ4n) is 1.97. The number of methoxy groups -OCH3 is 1. The van der Waals surface area contributed by atoms with Gasteiger partial charge in [-0.05, 0) is 24.5 Å². The molecule has 0 saturated heterocycles. The molecule has 0 aliphatic heterocycles. The molecule has 0 saturated carbocycles. The highest BCUT2D eigenvalue weighted by molar-refractivity contribution is 5.48. The highest BCUT2D eigenvalue weighted by Gasteiger charge is 2.17. The molecule has 0 aliphatic rings. The van der Waals surface area contributed by atoms with Gasteiger partial charge in [-0.3, -0.25) is 10.1 Å². The molecule has 0 aromatic heterocycles. The summed E-state index contributed by atoms with van der Waals surface area (Å²) in [5, 5.41) is 14.4. The predicted octanol–water partition coefficient (Wildman–Crippen LogP) is 2.75. The number of hydrogen-bond donors (Lipinski definition) is 1. The average molecular weight is 296 g/mol. The number of nitro groups is 1. The van der Waals surface area contributed by atoms with E-state index >= 15 is 0 Å². The zero-order valence-electron chi connectivity index (χ0n) is 13.1. The first-order chi connectivity index (χ1) is 9.99. The molecule has 0 aliphatic carbocycles. The van der Waals surface area contributed by atoms with Crippen LogP contribution in [0.15, 0.2) is 18.2 Å². The fraction of sp³-hybridized carbons (Fsp3) is 0.600. The molecule has 1 rings (SSSR count). The Morgan fingerprint density at radius 3 is 2.62 bits per heavy atom. The van der Waals surface area contributed by atoms with Crippen LogP contribution in [0, 0.1) is 16.0 Å². The molecule has 6 heteroatoms. The molecule has 21 heavy (non-hydrogen) atoms. The Kier molecular flexibility index (Phi) is 7.11. The molecular weight excluding hydrogens is 272 g/mol. The Bertz CT molecular complexity index is 463. The number of nitro benzene ring substituents is 1. The minimum absolute atomic E-state index is 0.0114. The predicted molar refractivity (Wildman–Crippen MR) is 81.6 cm³/mol. The van der Waals surface area contributed by atoms with Gasteiger partial charge in [-0.2, -0.15) is 0 Å². The topological polar surface area (TPSA) is 73.6 Å². The van der Waals surface area contributed by atoms with Crippen LogP contribution in [0.2, 0.25) is 0 Å². The number of benzene rings is 1. The number of nitrogens with one attached hydrogen (secondary N) is 1. The van der Waals surface area contributed by atoms with Gasteiger partial charge >= 0.3 is 5.69 Å². The van der Waals surface area contributed by atoms with Crippen molar-refractivity contribution >= 4 is 5.69 Å². The molecule has 0 heterocycles. The van der Waals surface area contributed by atoms with Crippen LogP contribution in [-0.4, -0.2) is 31.3 Å². The van der Waals surface area contributed by atoms with E-state index < -0.39 is 4.92 Å². The Morgan fingerprint density at radius 2 is 2.10 bits per heavy atom. The van der Waals surface area contributed by atoms with Crippen molar-refractivity contribution in [3.63, 3.8) is 0 Å². The van der Waals surface area contributed by atoms with Gasteiger partial charge in [-0.25, -0.2) is 0 Å². The van der Waals surface area contributed by atoms with Gasteiger partial charge in [-0.1, -0.05) is 19.9 Å². The first-order valence-corrected chi connectivity index (χ1v) is 7.12. The molecule has 1 N–H and O–H groups in total. The highest BCUT2D eigenvalue weighted by Crippen LogP contribution is 2.27. The number of rotatable bonds is 9. The van der Waals surface area contributed by atoms with Gasteiger partial charge in [-0.15, -0.1) is 0 Å². The lowest BCUT2D eigenvalue weighted by Gasteiger charge is -2.22. The first kappa shape index (κ1) is 17.4. The maximum absolute atomic E-state index is 11.0. The van der Waals surface area contributed by atoms with E-state index in [9.17, 15) is 10.1 Å². The van der Waals surface area contributed by atoms with Crippen LogP contribution in [0.5, 0.6) is 5.75 Å². The maximum atomic E-state index is 11.0. The molecule has 0 radical (unpaired) electrons. The first-order valence-electron chi connectivity index (χ1n) is 7.12. The summed E-state index contributed by atoms with van der Waals surface area (Å²) in [5.41, 5.74) is 0.840. The van der Waals surface area contributed by atoms with Crippen molar-refractivity contribution in [3.8, 4) is 5.75 Å². The SMILES string of the molecule is CCOCC(NCc1ccc(OC)c([N+](=O)[O-])c1)C(C)C. The van der Waals surface area contributed by atoms with Crippen molar-refractivity contribution in [2.45, 2.75) is 33.4 Å². The monoisotopic (exact) mass is 296 g/mol. The van der Waals surface area contributed by atoms with Crippen molar-refractivity contribution in [2.75, 3.05) is 20.3 Å². The Labute approximate surface area is 125 Å². The lowest BCUT2D eigenvalue weighted by Crippen LogP contribution is -2.37. The van der Waals surface area contributed by atoms with E-state index in [-0.39, 0.29) is 17.5 Å². The van der Waals surface area contributed by atoms with Gasteiger partial charge in [0.25, 0.3) is 0 Å². The summed E-state index contributed by atoms with van der Waals surface area (Å²) in [6.45, 7) is 8.07. The summed E-state index contributed by atoms with van der Waals surface area (Å²) in [7, 11) is 1.43. The average Bonchev–Trinajstić information content (AvgIpc) is 2.46. The molecule has 0 fully saturated rings. The number of nitrogens with zero attached hydrogens (tertiary/aromatic N) is 1. The smallest absolute Gasteiger partial charge is 0.311 e. The molecule has 118 valence electrons. The third-order valence-electron chi connectivity index (χ3n) is 3.31. The van der Waals surface area contributed by atoms with Crippen LogP contribution >= 0.6 is 0 Å². The van der Waals surface area contributed by atoms with E-state index in [0.717, 1.165) is 5.56 Å². The summed E-state index contributed by atoms with van der Waals surface area (Å²) >= 11 is 0. The Balaban J connectivity index is 2.73. The van der Waals surface area contributed by atoms with Gasteiger partial charge in [0.15, 0.2) is 5.75 Å². The van der Waals surface area contributed by atoms with Gasteiger partial charge in [0.1, 0.15) is 0 Å². The van der Waals surface area contributed by atoms with Crippen LogP contribution in [0.3, 0.4) is 0 Å². The summed E-state index contributed by atoms with van der Waals surface area (Å²) in [6, 6.07) is 5.22. The molecule has 0 bridgehead atoms. The number of hydrogen-bond acceptors (Lipinski definition) is 5. The lowest BCUT2D eigenvalue weighted by molar-refractivity contribution is -0.385. The molecule has 1 aromatic rings. The molecule has 0 amide bonds. The zero-order valence-corrected chi connectivity index (χ0v) is 13.1. The van der Waals surface area contributed by atoms with Crippen LogP contribution in [-0.2, 0) is 11.3 Å². The minimum Gasteiger partial charge on any atom is -0.490 e. The Hall–Kier alpha value is -1.66. The second-order valence-electron chi connectivity index (χ2n) is 5.15. The van der Waals surface area contributed by atoms with Crippen molar-refractivity contribution in [1.29, 1.82) is 0 Å². The van der Waals surface area contributed by atoms with E-state index in [4.69, 9.17) is 9.47 Å². The van der Waals surface area contributed by atoms with Crippen LogP contribution in [0.1, 0.15) is 26.3 Å². The van der Waals surface area contributed by atoms with Crippen LogP contribution in [0.4, 0.5) is 5.69 Å². The summed E-state index contributed by atoms with van der Waals surface area (Å²) in [6.07, 6.45) is 0. The van der Waals surface area contributed by atoms with E-state index in [1.165, 1.54) is 7.11 Å². The molecular formula is C15H24N2O4. The standard InChI is InChI=1S/C15H24N2O4/c1-5-21-10-13(11(2)3)16-9-12-6-7-15(20-4)14(8-12)17(18)19/h6-8,11,13,16H,5,9-10H2,1-4H3. The third-order valence-corrected chi connectivity index (χ3v) is 3.31. The second-order valence-corrected chi connectivity index (χ2v) is 5.15. The fourth-order valence-corrected chi connectivity index (χ4v) is 1.97. The molecule has 1 unspecified atom stereocenters. The third kappa shape index (κ3) is 5.32.